The van der Waals surface area contributed by atoms with Gasteiger partial charge in [-0.25, -0.2) is 8.42 Å². The van der Waals surface area contributed by atoms with Crippen molar-refractivity contribution in [2.24, 2.45) is 5.92 Å². The van der Waals surface area contributed by atoms with Gasteiger partial charge in [0.2, 0.25) is 5.76 Å². The number of rotatable bonds is 6. The predicted octanol–water partition coefficient (Wildman–Crippen LogP) is 5.17. The van der Waals surface area contributed by atoms with E-state index in [4.69, 9.17) is 11.6 Å². The fourth-order valence-corrected chi connectivity index (χ4v) is 7.53. The van der Waals surface area contributed by atoms with E-state index >= 15 is 0 Å². The Labute approximate surface area is 201 Å². The van der Waals surface area contributed by atoms with E-state index in [-0.39, 0.29) is 14.8 Å². The molecule has 0 spiro atoms. The van der Waals surface area contributed by atoms with Gasteiger partial charge in [0.05, 0.1) is 4.88 Å². The number of benzene rings is 1. The van der Waals surface area contributed by atoms with Gasteiger partial charge >= 0.3 is 12.1 Å². The van der Waals surface area contributed by atoms with Crippen LogP contribution in [-0.2, 0) is 26.4 Å². The molecule has 0 aliphatic heterocycles. The van der Waals surface area contributed by atoms with E-state index in [2.05, 4.69) is 14.4 Å². The van der Waals surface area contributed by atoms with Crippen molar-refractivity contribution in [3.8, 4) is 10.6 Å². The molecule has 1 fully saturated rings. The zero-order chi connectivity index (χ0) is 25.1. The van der Waals surface area contributed by atoms with E-state index < -0.39 is 44.8 Å². The van der Waals surface area contributed by atoms with E-state index in [0.717, 1.165) is 0 Å². The highest BCUT2D eigenvalue weighted by molar-refractivity contribution is 7.91. The molecule has 0 radical (unpaired) electrons. The molecule has 2 N–H and O–H groups in total. The molecule has 1 saturated carbocycles. The molecule has 0 bridgehead atoms. The van der Waals surface area contributed by atoms with Crippen molar-refractivity contribution in [2.75, 3.05) is 0 Å². The number of aromatic nitrogens is 1. The molecule has 1 aliphatic rings. The summed E-state index contributed by atoms with van der Waals surface area (Å²) in [4.78, 5) is 12.6. The van der Waals surface area contributed by atoms with Crippen LogP contribution in [0.1, 0.15) is 31.6 Å². The highest BCUT2D eigenvalue weighted by Crippen LogP contribution is 2.56. The molecule has 0 amide bonds. The van der Waals surface area contributed by atoms with Crippen LogP contribution < -0.4 is 4.72 Å². The first-order valence-electron chi connectivity index (χ1n) is 9.88. The molecule has 2 heterocycles. The lowest BCUT2D eigenvalue weighted by Crippen LogP contribution is -2.76. The molecule has 182 valence electrons. The summed E-state index contributed by atoms with van der Waals surface area (Å²) in [7, 11) is -4.37. The maximum absolute atomic E-state index is 13.3. The van der Waals surface area contributed by atoms with Crippen LogP contribution in [0, 0.1) is 5.92 Å². The second-order valence-electron chi connectivity index (χ2n) is 8.36. The summed E-state index contributed by atoms with van der Waals surface area (Å²) >= 11 is 6.60. The third-order valence-corrected chi connectivity index (χ3v) is 9.65. The molecule has 3 atom stereocenters. The maximum Gasteiger partial charge on any atom is 0.452 e. The van der Waals surface area contributed by atoms with Crippen LogP contribution in [0.4, 0.5) is 13.2 Å². The first-order valence-corrected chi connectivity index (χ1v) is 12.6. The third-order valence-electron chi connectivity index (χ3n) is 6.33. The minimum Gasteiger partial charge on any atom is -0.480 e. The monoisotopic (exact) mass is 534 g/mol. The number of nitrogens with one attached hydrogen (secondary N) is 1. The third kappa shape index (κ3) is 3.82. The average Bonchev–Trinajstić information content (AvgIpc) is 3.41. The summed E-state index contributed by atoms with van der Waals surface area (Å²) in [6.07, 6.45) is -4.34. The normalized spacial score (nSPS) is 25.2. The number of sulfonamides is 1. The summed E-state index contributed by atoms with van der Waals surface area (Å²) in [5.41, 5.74) is -2.52. The lowest BCUT2D eigenvalue weighted by atomic mass is 9.47. The van der Waals surface area contributed by atoms with Crippen LogP contribution in [-0.4, -0.2) is 30.2 Å². The second-order valence-corrected chi connectivity index (χ2v) is 11.8. The number of aliphatic carboxylic acids is 1. The van der Waals surface area contributed by atoms with Crippen LogP contribution in [0.3, 0.4) is 0 Å². The molecule has 1 aromatic carbocycles. The smallest absolute Gasteiger partial charge is 0.452 e. The van der Waals surface area contributed by atoms with Gasteiger partial charge in [0.25, 0.3) is 10.0 Å². The van der Waals surface area contributed by atoms with Gasteiger partial charge in [-0.05, 0) is 42.2 Å². The molecule has 34 heavy (non-hydrogen) atoms. The van der Waals surface area contributed by atoms with Gasteiger partial charge in [-0.1, -0.05) is 42.7 Å². The van der Waals surface area contributed by atoms with E-state index in [9.17, 15) is 31.5 Å². The summed E-state index contributed by atoms with van der Waals surface area (Å²) in [6, 6.07) is 9.66. The van der Waals surface area contributed by atoms with Gasteiger partial charge in [-0.15, -0.1) is 11.3 Å². The standard InChI is InChI=1S/C21H18ClF3N2O5S2/c1-11-10-19(2,12-3-5-13(22)6-4-12)20(11,18(28)29)27-34(30,31)17-8-7-15(33-17)14-9-16(32-26-14)21(23,24)25/h3-9,11,27H,10H2,1-2H3,(H,28,29)/t11-,19?,20+/m0/s1. The van der Waals surface area contributed by atoms with Crippen molar-refractivity contribution in [2.45, 2.75) is 41.6 Å². The lowest BCUT2D eigenvalue weighted by molar-refractivity contribution is -0.159. The zero-order valence-corrected chi connectivity index (χ0v) is 20.1. The summed E-state index contributed by atoms with van der Waals surface area (Å²) in [6.45, 7) is 3.31. The van der Waals surface area contributed by atoms with Crippen LogP contribution in [0.2, 0.25) is 5.02 Å². The molecule has 1 aliphatic carbocycles. The first kappa shape index (κ1) is 24.7. The Morgan fingerprint density at radius 3 is 2.44 bits per heavy atom. The topological polar surface area (TPSA) is 110 Å². The van der Waals surface area contributed by atoms with Gasteiger partial charge in [-0.2, -0.15) is 17.9 Å². The maximum atomic E-state index is 13.3. The summed E-state index contributed by atoms with van der Waals surface area (Å²) in [5.74, 6) is -3.20. The fraction of sp³-hybridized carbons (Fsp3) is 0.333. The molecular formula is C21H18ClF3N2O5S2. The van der Waals surface area contributed by atoms with Gasteiger partial charge < -0.3 is 9.63 Å². The van der Waals surface area contributed by atoms with Gasteiger partial charge in [0.1, 0.15) is 15.4 Å². The highest BCUT2D eigenvalue weighted by Gasteiger charge is 2.68. The van der Waals surface area contributed by atoms with Crippen LogP contribution >= 0.6 is 22.9 Å². The number of halogens is 4. The molecule has 1 unspecified atom stereocenters. The number of hydrogen-bond donors (Lipinski definition) is 2. The number of carboxylic acid groups (broad SMARTS) is 1. The van der Waals surface area contributed by atoms with Crippen molar-refractivity contribution in [3.63, 3.8) is 0 Å². The Balaban J connectivity index is 1.69. The SMILES string of the molecule is C[C@H]1CC(C)(c2ccc(Cl)cc2)[C@]1(NS(=O)(=O)c1ccc(-c2cc(C(F)(F)F)on2)s1)C(=O)O. The number of nitrogens with zero attached hydrogens (tertiary/aromatic N) is 1. The second kappa shape index (κ2) is 8.08. The van der Waals surface area contributed by atoms with Crippen molar-refractivity contribution in [1.82, 2.24) is 9.88 Å². The quantitative estimate of drug-likeness (QED) is 0.451. The average molecular weight is 535 g/mol. The van der Waals surface area contributed by atoms with Gasteiger partial charge in [0.15, 0.2) is 0 Å². The number of thiophene rings is 1. The minimum atomic E-state index is -4.74. The zero-order valence-electron chi connectivity index (χ0n) is 17.7. The van der Waals surface area contributed by atoms with Crippen LogP contribution in [0.15, 0.2) is 51.2 Å². The fourth-order valence-electron chi connectivity index (χ4n) is 4.60. The van der Waals surface area contributed by atoms with Crippen molar-refractivity contribution < 1.29 is 36.0 Å². The predicted molar refractivity (Wildman–Crippen MR) is 118 cm³/mol. The Kier molecular flexibility index (Phi) is 5.87. The van der Waals surface area contributed by atoms with Crippen LogP contribution in [0.5, 0.6) is 0 Å². The number of carbonyl (C=O) groups is 1. The molecule has 2 aromatic heterocycles. The van der Waals surface area contributed by atoms with Gasteiger partial charge in [-0.3, -0.25) is 4.79 Å². The molecule has 0 saturated heterocycles. The van der Waals surface area contributed by atoms with E-state index in [1.54, 1.807) is 38.1 Å². The van der Waals surface area contributed by atoms with Crippen molar-refractivity contribution in [1.29, 1.82) is 0 Å². The largest absolute Gasteiger partial charge is 0.480 e. The van der Waals surface area contributed by atoms with Crippen molar-refractivity contribution in [3.05, 3.63) is 58.8 Å². The minimum absolute atomic E-state index is 0.117. The highest BCUT2D eigenvalue weighted by atomic mass is 35.5. The number of carboxylic acids is 1. The van der Waals surface area contributed by atoms with Crippen molar-refractivity contribution >= 4 is 38.9 Å². The Bertz CT molecular complexity index is 1350. The van der Waals surface area contributed by atoms with Crippen LogP contribution in [0.25, 0.3) is 10.6 Å². The summed E-state index contributed by atoms with van der Waals surface area (Å²) < 4.78 is 71.3. The number of hydrogen-bond acceptors (Lipinski definition) is 6. The van der Waals surface area contributed by atoms with E-state index in [1.165, 1.54) is 12.1 Å². The van der Waals surface area contributed by atoms with E-state index in [1.807, 2.05) is 0 Å². The molecule has 13 heteroatoms. The Morgan fingerprint density at radius 1 is 1.26 bits per heavy atom. The molecule has 7 nitrogen and oxygen atoms in total. The Hall–Kier alpha value is -2.41. The molecule has 4 rings (SSSR count). The summed E-state index contributed by atoms with van der Waals surface area (Å²) in [5, 5.41) is 14.0. The first-order chi connectivity index (χ1) is 15.7. The molecular weight excluding hydrogens is 517 g/mol. The lowest BCUT2D eigenvalue weighted by Gasteiger charge is -2.59. The number of alkyl halides is 3. The Morgan fingerprint density at radius 2 is 1.91 bits per heavy atom. The van der Waals surface area contributed by atoms with E-state index in [0.29, 0.717) is 34.4 Å². The van der Waals surface area contributed by atoms with Gasteiger partial charge in [0, 0.05) is 16.5 Å². The molecule has 3 aromatic rings.